The number of likely N-dealkylation sites (tertiary alicyclic amines) is 1. The van der Waals surface area contributed by atoms with Crippen molar-refractivity contribution in [3.05, 3.63) is 35.4 Å². The zero-order chi connectivity index (χ0) is 15.8. The fourth-order valence-corrected chi connectivity index (χ4v) is 2.57. The molecule has 0 atom stereocenters. The van der Waals surface area contributed by atoms with E-state index in [1.54, 1.807) is 12.1 Å². The molecule has 1 heterocycles. The Hall–Kier alpha value is -2.08. The molecule has 1 aliphatic rings. The largest absolute Gasteiger partial charge is 0.465 e. The summed E-state index contributed by atoms with van der Waals surface area (Å²) < 4.78 is 0. The van der Waals surface area contributed by atoms with Gasteiger partial charge in [0.25, 0.3) is 5.91 Å². The molecule has 6 nitrogen and oxygen atoms in total. The summed E-state index contributed by atoms with van der Waals surface area (Å²) >= 11 is 0. The van der Waals surface area contributed by atoms with Crippen LogP contribution in [0.1, 0.15) is 28.8 Å². The molecule has 1 saturated heterocycles. The van der Waals surface area contributed by atoms with Crippen LogP contribution in [0.4, 0.5) is 4.79 Å². The van der Waals surface area contributed by atoms with Crippen LogP contribution in [0.5, 0.6) is 0 Å². The zero-order valence-corrected chi connectivity index (χ0v) is 12.7. The monoisotopic (exact) mass is 305 g/mol. The minimum absolute atomic E-state index is 0.0607. The summed E-state index contributed by atoms with van der Waals surface area (Å²) in [5.41, 5.74) is 1.64. The maximum absolute atomic E-state index is 12.0. The summed E-state index contributed by atoms with van der Waals surface area (Å²) in [5, 5.41) is 13.8. The molecule has 3 N–H and O–H groups in total. The number of hydrogen-bond acceptors (Lipinski definition) is 3. The third-order valence-corrected chi connectivity index (χ3v) is 3.82. The third-order valence-electron chi connectivity index (χ3n) is 3.82. The van der Waals surface area contributed by atoms with E-state index in [0.717, 1.165) is 25.2 Å². The molecular weight excluding hydrogens is 282 g/mol. The Morgan fingerprint density at radius 2 is 1.73 bits per heavy atom. The molecule has 1 aromatic carbocycles. The summed E-state index contributed by atoms with van der Waals surface area (Å²) in [6.45, 7) is 4.22. The number of rotatable bonds is 7. The molecule has 6 heteroatoms. The Labute approximate surface area is 130 Å². The normalized spacial score (nSPS) is 14.7. The van der Waals surface area contributed by atoms with Gasteiger partial charge in [0.1, 0.15) is 0 Å². The molecule has 0 aromatic heterocycles. The van der Waals surface area contributed by atoms with Crippen molar-refractivity contribution < 1.29 is 14.7 Å². The van der Waals surface area contributed by atoms with E-state index >= 15 is 0 Å². The number of carbonyl (C=O) groups excluding carboxylic acids is 1. The van der Waals surface area contributed by atoms with Gasteiger partial charge in [0.15, 0.2) is 0 Å². The topological polar surface area (TPSA) is 81.7 Å². The van der Waals surface area contributed by atoms with E-state index in [1.807, 2.05) is 12.1 Å². The molecule has 0 spiro atoms. The van der Waals surface area contributed by atoms with Gasteiger partial charge in [-0.25, -0.2) is 4.79 Å². The Kier molecular flexibility index (Phi) is 6.21. The first kappa shape index (κ1) is 16.3. The van der Waals surface area contributed by atoms with Crippen LogP contribution in [0.15, 0.2) is 24.3 Å². The number of benzene rings is 1. The second-order valence-electron chi connectivity index (χ2n) is 5.48. The smallest absolute Gasteiger partial charge is 0.404 e. The van der Waals surface area contributed by atoms with E-state index < -0.39 is 6.09 Å². The van der Waals surface area contributed by atoms with Crippen LogP contribution < -0.4 is 10.6 Å². The van der Waals surface area contributed by atoms with E-state index in [1.165, 1.54) is 12.8 Å². The average Bonchev–Trinajstić information content (AvgIpc) is 3.01. The molecule has 0 bridgehead atoms. The average molecular weight is 305 g/mol. The standard InChI is InChI=1S/C16H23N3O3/c20-15(17-9-12-19-10-1-2-11-19)14-5-3-13(4-6-14)7-8-18-16(21)22/h3-6,18H,1-2,7-12H2,(H,17,20)(H,21,22). The number of nitrogens with zero attached hydrogens (tertiary/aromatic N) is 1. The van der Waals surface area contributed by atoms with Crippen LogP contribution >= 0.6 is 0 Å². The number of hydrogen-bond donors (Lipinski definition) is 3. The van der Waals surface area contributed by atoms with Crippen molar-refractivity contribution in [3.63, 3.8) is 0 Å². The van der Waals surface area contributed by atoms with E-state index in [0.29, 0.717) is 25.1 Å². The van der Waals surface area contributed by atoms with Crippen LogP contribution in [-0.4, -0.2) is 54.7 Å². The maximum Gasteiger partial charge on any atom is 0.404 e. The first-order valence-corrected chi connectivity index (χ1v) is 7.71. The van der Waals surface area contributed by atoms with Gasteiger partial charge in [-0.15, -0.1) is 0 Å². The quantitative estimate of drug-likeness (QED) is 0.709. The number of amides is 2. The van der Waals surface area contributed by atoms with Crippen molar-refractivity contribution in [2.24, 2.45) is 0 Å². The maximum atomic E-state index is 12.0. The van der Waals surface area contributed by atoms with Crippen LogP contribution in [-0.2, 0) is 6.42 Å². The molecule has 2 amide bonds. The highest BCUT2D eigenvalue weighted by atomic mass is 16.4. The molecule has 2 rings (SSSR count). The summed E-state index contributed by atoms with van der Waals surface area (Å²) in [4.78, 5) is 24.7. The van der Waals surface area contributed by atoms with Gasteiger partial charge in [-0.05, 0) is 50.0 Å². The lowest BCUT2D eigenvalue weighted by Gasteiger charge is -2.14. The minimum Gasteiger partial charge on any atom is -0.465 e. The lowest BCUT2D eigenvalue weighted by Crippen LogP contribution is -2.33. The molecular formula is C16H23N3O3. The first-order valence-electron chi connectivity index (χ1n) is 7.71. The highest BCUT2D eigenvalue weighted by molar-refractivity contribution is 5.94. The molecule has 22 heavy (non-hydrogen) atoms. The highest BCUT2D eigenvalue weighted by Crippen LogP contribution is 2.07. The van der Waals surface area contributed by atoms with Gasteiger partial charge in [0, 0.05) is 25.2 Å². The lowest BCUT2D eigenvalue weighted by molar-refractivity contribution is 0.0949. The lowest BCUT2D eigenvalue weighted by atomic mass is 10.1. The highest BCUT2D eigenvalue weighted by Gasteiger charge is 2.11. The van der Waals surface area contributed by atoms with E-state index in [4.69, 9.17) is 5.11 Å². The van der Waals surface area contributed by atoms with Gasteiger partial charge in [0.05, 0.1) is 0 Å². The molecule has 0 radical (unpaired) electrons. The van der Waals surface area contributed by atoms with Crippen LogP contribution in [0.25, 0.3) is 0 Å². The molecule has 1 fully saturated rings. The van der Waals surface area contributed by atoms with Gasteiger partial charge in [-0.1, -0.05) is 12.1 Å². The molecule has 0 saturated carbocycles. The summed E-state index contributed by atoms with van der Waals surface area (Å²) in [6, 6.07) is 7.28. The van der Waals surface area contributed by atoms with Crippen LogP contribution in [0.2, 0.25) is 0 Å². The van der Waals surface area contributed by atoms with Crippen molar-refractivity contribution in [1.82, 2.24) is 15.5 Å². The second-order valence-corrected chi connectivity index (χ2v) is 5.48. The molecule has 0 unspecified atom stereocenters. The van der Waals surface area contributed by atoms with E-state index in [2.05, 4.69) is 15.5 Å². The Morgan fingerprint density at radius 1 is 1.05 bits per heavy atom. The minimum atomic E-state index is -1.02. The van der Waals surface area contributed by atoms with Gasteiger partial charge >= 0.3 is 6.09 Å². The van der Waals surface area contributed by atoms with E-state index in [9.17, 15) is 9.59 Å². The van der Waals surface area contributed by atoms with Gasteiger partial charge in [-0.3, -0.25) is 4.79 Å². The SMILES string of the molecule is O=C(O)NCCc1ccc(C(=O)NCCN2CCCC2)cc1. The van der Waals surface area contributed by atoms with Gasteiger partial charge in [-0.2, -0.15) is 0 Å². The van der Waals surface area contributed by atoms with Crippen LogP contribution in [0.3, 0.4) is 0 Å². The molecule has 120 valence electrons. The molecule has 1 aromatic rings. The van der Waals surface area contributed by atoms with Crippen molar-refractivity contribution in [2.45, 2.75) is 19.3 Å². The van der Waals surface area contributed by atoms with Crippen molar-refractivity contribution in [3.8, 4) is 0 Å². The van der Waals surface area contributed by atoms with E-state index in [-0.39, 0.29) is 5.91 Å². The Morgan fingerprint density at radius 3 is 2.36 bits per heavy atom. The van der Waals surface area contributed by atoms with Crippen LogP contribution in [0, 0.1) is 0 Å². The van der Waals surface area contributed by atoms with Crippen molar-refractivity contribution in [2.75, 3.05) is 32.7 Å². The fraction of sp³-hybridized carbons (Fsp3) is 0.500. The molecule has 1 aliphatic heterocycles. The predicted octanol–water partition coefficient (Wildman–Crippen LogP) is 1.32. The van der Waals surface area contributed by atoms with Crippen molar-refractivity contribution in [1.29, 1.82) is 0 Å². The zero-order valence-electron chi connectivity index (χ0n) is 12.7. The second kappa shape index (κ2) is 8.38. The van der Waals surface area contributed by atoms with Crippen molar-refractivity contribution >= 4 is 12.0 Å². The Balaban J connectivity index is 1.71. The number of carboxylic acid groups (broad SMARTS) is 1. The predicted molar refractivity (Wildman–Crippen MR) is 84.2 cm³/mol. The van der Waals surface area contributed by atoms with Gasteiger partial charge < -0.3 is 20.6 Å². The number of nitrogens with one attached hydrogen (secondary N) is 2. The Bertz CT molecular complexity index is 496. The summed E-state index contributed by atoms with van der Waals surface area (Å²) in [6.07, 6.45) is 2.11. The summed E-state index contributed by atoms with van der Waals surface area (Å²) in [7, 11) is 0. The summed E-state index contributed by atoms with van der Waals surface area (Å²) in [5.74, 6) is -0.0607. The first-order chi connectivity index (χ1) is 10.6. The van der Waals surface area contributed by atoms with Gasteiger partial charge in [0.2, 0.25) is 0 Å². The number of carbonyl (C=O) groups is 2. The fourth-order valence-electron chi connectivity index (χ4n) is 2.57. The molecule has 0 aliphatic carbocycles. The third kappa shape index (κ3) is 5.37.